The first-order valence-corrected chi connectivity index (χ1v) is 13.1. The number of H-pyrrole nitrogens is 2. The van der Waals surface area contributed by atoms with Crippen molar-refractivity contribution < 1.29 is 4.79 Å². The predicted molar refractivity (Wildman–Crippen MR) is 154 cm³/mol. The van der Waals surface area contributed by atoms with Gasteiger partial charge in [-0.1, -0.05) is 18.2 Å². The lowest BCUT2D eigenvalue weighted by molar-refractivity contribution is 0.164. The van der Waals surface area contributed by atoms with E-state index in [1.165, 1.54) is 0 Å². The van der Waals surface area contributed by atoms with E-state index in [1.807, 2.05) is 53.4 Å². The lowest BCUT2D eigenvalue weighted by Crippen LogP contribution is -2.48. The highest BCUT2D eigenvalue weighted by atomic mass is 16.2. The molecule has 11 nitrogen and oxygen atoms in total. The second-order valence-electron chi connectivity index (χ2n) is 9.88. The van der Waals surface area contributed by atoms with Crippen LogP contribution >= 0.6 is 0 Å². The molecule has 2 amide bonds. The van der Waals surface area contributed by atoms with Gasteiger partial charge in [0.25, 0.3) is 0 Å². The first-order chi connectivity index (χ1) is 19.6. The van der Waals surface area contributed by atoms with Crippen molar-refractivity contribution in [3.05, 3.63) is 73.3 Å². The third-order valence-corrected chi connectivity index (χ3v) is 7.21. The molecule has 1 saturated heterocycles. The summed E-state index contributed by atoms with van der Waals surface area (Å²) in [4.78, 5) is 38.6. The molecule has 6 heterocycles. The van der Waals surface area contributed by atoms with E-state index in [0.717, 1.165) is 57.6 Å². The van der Waals surface area contributed by atoms with Crippen LogP contribution in [0, 0.1) is 0 Å². The van der Waals surface area contributed by atoms with Crippen LogP contribution in [-0.4, -0.2) is 84.2 Å². The number of carbonyl (C=O) groups is 1. The molecule has 0 unspecified atom stereocenters. The molecule has 0 atom stereocenters. The fourth-order valence-electron chi connectivity index (χ4n) is 5.00. The molecule has 1 aliphatic rings. The molecule has 40 heavy (non-hydrogen) atoms. The number of piperazine rings is 1. The molecule has 3 N–H and O–H groups in total. The zero-order chi connectivity index (χ0) is 27.1. The van der Waals surface area contributed by atoms with E-state index < -0.39 is 0 Å². The number of urea groups is 1. The van der Waals surface area contributed by atoms with Crippen LogP contribution < -0.4 is 5.32 Å². The average Bonchev–Trinajstić information content (AvgIpc) is 3.62. The molecule has 7 rings (SSSR count). The van der Waals surface area contributed by atoms with Gasteiger partial charge < -0.3 is 20.1 Å². The number of carbonyl (C=O) groups excluding carboxylic acids is 1. The third-order valence-electron chi connectivity index (χ3n) is 7.21. The minimum Gasteiger partial charge on any atom is -0.337 e. The summed E-state index contributed by atoms with van der Waals surface area (Å²) in [5.74, 6) is 0.658. The lowest BCUT2D eigenvalue weighted by Gasteiger charge is -2.32. The summed E-state index contributed by atoms with van der Waals surface area (Å²) in [5.41, 5.74) is 7.17. The van der Waals surface area contributed by atoms with Gasteiger partial charge in [-0.2, -0.15) is 5.10 Å². The molecule has 6 aromatic rings. The van der Waals surface area contributed by atoms with Crippen LogP contribution in [0.25, 0.3) is 56.0 Å². The van der Waals surface area contributed by atoms with E-state index in [2.05, 4.69) is 47.4 Å². The van der Waals surface area contributed by atoms with Crippen molar-refractivity contribution in [1.29, 1.82) is 0 Å². The molecular weight excluding hydrogens is 504 g/mol. The van der Waals surface area contributed by atoms with Crippen molar-refractivity contribution in [2.24, 2.45) is 0 Å². The number of imidazole rings is 1. The molecule has 0 spiro atoms. The number of hydrogen-bond donors (Lipinski definition) is 3. The van der Waals surface area contributed by atoms with Crippen LogP contribution in [-0.2, 0) is 0 Å². The normalized spacial score (nSPS) is 14.2. The van der Waals surface area contributed by atoms with E-state index >= 15 is 0 Å². The number of fused-ring (bicyclic) bond motifs is 2. The molecule has 1 aliphatic heterocycles. The van der Waals surface area contributed by atoms with Crippen LogP contribution in [0.5, 0.6) is 0 Å². The molecule has 5 aromatic heterocycles. The molecule has 11 heteroatoms. The van der Waals surface area contributed by atoms with Gasteiger partial charge in [0.2, 0.25) is 0 Å². The summed E-state index contributed by atoms with van der Waals surface area (Å²) in [6.07, 6.45) is 6.95. The number of hydrogen-bond acceptors (Lipinski definition) is 7. The minimum atomic E-state index is -0.118. The number of anilines is 1. The minimum absolute atomic E-state index is 0.118. The van der Waals surface area contributed by atoms with Crippen LogP contribution in [0.15, 0.2) is 73.3 Å². The van der Waals surface area contributed by atoms with Gasteiger partial charge in [-0.3, -0.25) is 15.1 Å². The number of likely N-dealkylation sites (N-methyl/N-ethyl adjacent to an activating group) is 1. The SMILES string of the molecule is CN1CCN(C(=O)Nc2cncc(-c3cnc4n[nH]c(-c5nc6c(-c7ccccn7)cccc6[nH]5)c4c3)c2)CC1. The Morgan fingerprint density at radius 3 is 2.67 bits per heavy atom. The van der Waals surface area contributed by atoms with Crippen LogP contribution in [0.4, 0.5) is 10.5 Å². The number of nitrogens with zero attached hydrogens (tertiary/aromatic N) is 7. The zero-order valence-corrected chi connectivity index (χ0v) is 21.8. The molecule has 0 aliphatic carbocycles. The Morgan fingerprint density at radius 1 is 0.950 bits per heavy atom. The highest BCUT2D eigenvalue weighted by Gasteiger charge is 2.20. The topological polar surface area (TPSA) is 132 Å². The second kappa shape index (κ2) is 9.86. The quantitative estimate of drug-likeness (QED) is 0.308. The zero-order valence-electron chi connectivity index (χ0n) is 21.8. The van der Waals surface area contributed by atoms with Crippen molar-refractivity contribution in [3.8, 4) is 33.9 Å². The monoisotopic (exact) mass is 530 g/mol. The second-order valence-corrected chi connectivity index (χ2v) is 9.88. The lowest BCUT2D eigenvalue weighted by atomic mass is 10.1. The Balaban J connectivity index is 1.20. The number of aromatic nitrogens is 7. The van der Waals surface area contributed by atoms with Crippen molar-refractivity contribution in [2.75, 3.05) is 38.5 Å². The molecule has 1 fully saturated rings. The summed E-state index contributed by atoms with van der Waals surface area (Å²) >= 11 is 0. The van der Waals surface area contributed by atoms with Crippen molar-refractivity contribution >= 4 is 33.8 Å². The number of amides is 2. The smallest absolute Gasteiger partial charge is 0.321 e. The highest BCUT2D eigenvalue weighted by molar-refractivity contribution is 5.97. The maximum atomic E-state index is 12.8. The van der Waals surface area contributed by atoms with Crippen LogP contribution in [0.3, 0.4) is 0 Å². The Labute approximate surface area is 229 Å². The van der Waals surface area contributed by atoms with Gasteiger partial charge in [0, 0.05) is 61.5 Å². The van der Waals surface area contributed by atoms with Crippen molar-refractivity contribution in [3.63, 3.8) is 0 Å². The average molecular weight is 531 g/mol. The number of aromatic amines is 2. The molecule has 0 saturated carbocycles. The first-order valence-electron chi connectivity index (χ1n) is 13.1. The Bertz CT molecular complexity index is 1840. The summed E-state index contributed by atoms with van der Waals surface area (Å²) in [6, 6.07) is 15.6. The molecular formula is C29H26N10O. The predicted octanol–water partition coefficient (Wildman–Crippen LogP) is 4.40. The number of benzene rings is 1. The van der Waals surface area contributed by atoms with E-state index in [1.54, 1.807) is 24.8 Å². The van der Waals surface area contributed by atoms with Crippen LogP contribution in [0.2, 0.25) is 0 Å². The summed E-state index contributed by atoms with van der Waals surface area (Å²) in [7, 11) is 2.06. The van der Waals surface area contributed by atoms with E-state index in [9.17, 15) is 4.79 Å². The van der Waals surface area contributed by atoms with Gasteiger partial charge in [-0.15, -0.1) is 0 Å². The highest BCUT2D eigenvalue weighted by Crippen LogP contribution is 2.32. The number of nitrogens with one attached hydrogen (secondary N) is 3. The number of pyridine rings is 3. The van der Waals surface area contributed by atoms with Crippen molar-refractivity contribution in [1.82, 2.24) is 44.9 Å². The molecule has 198 valence electrons. The Kier molecular flexibility index (Phi) is 5.90. The van der Waals surface area contributed by atoms with E-state index in [4.69, 9.17) is 4.98 Å². The number of para-hydroxylation sites is 1. The first kappa shape index (κ1) is 23.9. The molecule has 0 radical (unpaired) electrons. The van der Waals surface area contributed by atoms with Gasteiger partial charge in [0.15, 0.2) is 11.5 Å². The Morgan fingerprint density at radius 2 is 1.82 bits per heavy atom. The molecule has 1 aromatic carbocycles. The fraction of sp³-hybridized carbons (Fsp3) is 0.172. The maximum absolute atomic E-state index is 12.8. The largest absolute Gasteiger partial charge is 0.337 e. The summed E-state index contributed by atoms with van der Waals surface area (Å²) in [5, 5.41) is 11.3. The molecule has 0 bridgehead atoms. The van der Waals surface area contributed by atoms with Gasteiger partial charge in [-0.25, -0.2) is 14.8 Å². The fourth-order valence-corrected chi connectivity index (χ4v) is 5.00. The summed E-state index contributed by atoms with van der Waals surface area (Å²) in [6.45, 7) is 3.12. The standard InChI is InChI=1S/C29H26N10O/c1-38-9-11-39(12-10-38)29(40)33-20-13-18(15-30-17-20)19-14-22-26(36-37-27(22)32-16-19)28-34-24-7-4-5-21(25(24)35-28)23-6-2-3-8-31-23/h2-8,13-17H,9-12H2,1H3,(H,33,40)(H,34,35)(H,32,36,37). The van der Waals surface area contributed by atoms with Crippen LogP contribution in [0.1, 0.15) is 0 Å². The van der Waals surface area contributed by atoms with Crippen molar-refractivity contribution in [2.45, 2.75) is 0 Å². The maximum Gasteiger partial charge on any atom is 0.321 e. The van der Waals surface area contributed by atoms with Gasteiger partial charge in [0.1, 0.15) is 5.69 Å². The summed E-state index contributed by atoms with van der Waals surface area (Å²) < 4.78 is 0. The van der Waals surface area contributed by atoms with E-state index in [-0.39, 0.29) is 6.03 Å². The van der Waals surface area contributed by atoms with Gasteiger partial charge in [-0.05, 0) is 37.4 Å². The van der Waals surface area contributed by atoms with Gasteiger partial charge in [0.05, 0.1) is 34.0 Å². The van der Waals surface area contributed by atoms with Gasteiger partial charge >= 0.3 is 6.03 Å². The Hall–Kier alpha value is -5.16. The third kappa shape index (κ3) is 4.41. The van der Waals surface area contributed by atoms with E-state index in [0.29, 0.717) is 30.2 Å². The number of rotatable bonds is 4.